The summed E-state index contributed by atoms with van der Waals surface area (Å²) in [6, 6.07) is 1.56. The van der Waals surface area contributed by atoms with Gasteiger partial charge < -0.3 is 0 Å². The lowest BCUT2D eigenvalue weighted by Crippen LogP contribution is -1.96. The van der Waals surface area contributed by atoms with E-state index in [2.05, 4.69) is 10.1 Å². The van der Waals surface area contributed by atoms with Crippen molar-refractivity contribution in [2.75, 3.05) is 0 Å². The Balaban J connectivity index is 2.82. The molecule has 14 heavy (non-hydrogen) atoms. The summed E-state index contributed by atoms with van der Waals surface area (Å²) in [4.78, 5) is 14.7. The number of aromatic nitrogens is 3. The molecule has 0 spiro atoms. The predicted molar refractivity (Wildman–Crippen MR) is 53.7 cm³/mol. The Hall–Kier alpha value is -1.13. The lowest BCUT2D eigenvalue weighted by atomic mass is 10.3. The molecule has 0 bridgehead atoms. The van der Waals surface area contributed by atoms with Gasteiger partial charge in [0.2, 0.25) is 0 Å². The van der Waals surface area contributed by atoms with E-state index in [1.165, 1.54) is 0 Å². The molecule has 0 saturated carbocycles. The molecule has 0 N–H and O–H groups in total. The van der Waals surface area contributed by atoms with E-state index < -0.39 is 5.24 Å². The molecule has 0 unspecified atom stereocenters. The second-order valence-electron chi connectivity index (χ2n) is 2.77. The van der Waals surface area contributed by atoms with Crippen LogP contribution in [-0.2, 0) is 7.05 Å². The van der Waals surface area contributed by atoms with Crippen LogP contribution in [0.4, 0.5) is 0 Å². The molecule has 0 fully saturated rings. The number of fused-ring (bicyclic) bond motifs is 1. The number of halogens is 2. The molecule has 2 heterocycles. The smallest absolute Gasteiger partial charge is 0.270 e. The number of hydrogen-bond donors (Lipinski definition) is 0. The number of carbonyl (C=O) groups excluding carboxylic acids is 1. The van der Waals surface area contributed by atoms with E-state index in [0.29, 0.717) is 5.39 Å². The topological polar surface area (TPSA) is 47.8 Å². The first-order valence-corrected chi connectivity index (χ1v) is 4.53. The number of carbonyl (C=O) groups is 1. The number of rotatable bonds is 1. The van der Waals surface area contributed by atoms with E-state index in [-0.39, 0.29) is 10.8 Å². The van der Waals surface area contributed by atoms with Crippen LogP contribution >= 0.6 is 23.2 Å². The van der Waals surface area contributed by atoms with Crippen molar-refractivity contribution in [2.24, 2.45) is 7.05 Å². The van der Waals surface area contributed by atoms with Crippen LogP contribution in [0.1, 0.15) is 10.5 Å². The second-order valence-corrected chi connectivity index (χ2v) is 3.47. The Morgan fingerprint density at radius 3 is 2.93 bits per heavy atom. The van der Waals surface area contributed by atoms with Crippen molar-refractivity contribution in [3.8, 4) is 0 Å². The van der Waals surface area contributed by atoms with Crippen LogP contribution in [0.2, 0.25) is 5.15 Å². The highest BCUT2D eigenvalue weighted by molar-refractivity contribution is 6.67. The highest BCUT2D eigenvalue weighted by Gasteiger charge is 2.11. The molecule has 0 radical (unpaired) electrons. The van der Waals surface area contributed by atoms with E-state index in [0.717, 1.165) is 5.52 Å². The van der Waals surface area contributed by atoms with Gasteiger partial charge in [0.1, 0.15) is 10.8 Å². The fraction of sp³-hybridized carbons (Fsp3) is 0.125. The van der Waals surface area contributed by atoms with Crippen molar-refractivity contribution in [3.05, 3.63) is 23.1 Å². The number of hydrogen-bond acceptors (Lipinski definition) is 3. The molecule has 0 aliphatic carbocycles. The van der Waals surface area contributed by atoms with Gasteiger partial charge in [-0.25, -0.2) is 4.98 Å². The maximum absolute atomic E-state index is 10.9. The third-order valence-corrected chi connectivity index (χ3v) is 2.38. The van der Waals surface area contributed by atoms with Gasteiger partial charge in [0.05, 0.1) is 17.1 Å². The van der Waals surface area contributed by atoms with Gasteiger partial charge in [-0.3, -0.25) is 9.48 Å². The van der Waals surface area contributed by atoms with Crippen LogP contribution in [-0.4, -0.2) is 20.0 Å². The van der Waals surface area contributed by atoms with Gasteiger partial charge in [-0.05, 0) is 17.7 Å². The van der Waals surface area contributed by atoms with Crippen LogP contribution in [0.25, 0.3) is 10.9 Å². The van der Waals surface area contributed by atoms with E-state index in [1.807, 2.05) is 0 Å². The minimum atomic E-state index is -0.630. The van der Waals surface area contributed by atoms with E-state index >= 15 is 0 Å². The summed E-state index contributed by atoms with van der Waals surface area (Å²) in [5, 5.41) is 4.31. The lowest BCUT2D eigenvalue weighted by molar-refractivity contribution is 0.107. The van der Waals surface area contributed by atoms with Crippen molar-refractivity contribution in [3.63, 3.8) is 0 Å². The fourth-order valence-corrected chi connectivity index (χ4v) is 1.54. The van der Waals surface area contributed by atoms with Crippen molar-refractivity contribution < 1.29 is 4.79 Å². The maximum Gasteiger partial charge on any atom is 0.270 e. The number of pyridine rings is 1. The summed E-state index contributed by atoms with van der Waals surface area (Å²) in [5.74, 6) is 0. The number of aryl methyl sites for hydroxylation is 1. The van der Waals surface area contributed by atoms with Gasteiger partial charge in [-0.15, -0.1) is 0 Å². The molecule has 0 amide bonds. The highest BCUT2D eigenvalue weighted by Crippen LogP contribution is 2.22. The quantitative estimate of drug-likeness (QED) is 0.556. The second kappa shape index (κ2) is 3.22. The molecule has 6 heteroatoms. The molecule has 2 aromatic heterocycles. The van der Waals surface area contributed by atoms with Gasteiger partial charge in [-0.1, -0.05) is 11.6 Å². The van der Waals surface area contributed by atoms with E-state index in [4.69, 9.17) is 23.2 Å². The summed E-state index contributed by atoms with van der Waals surface area (Å²) in [5.41, 5.74) is 0.863. The third kappa shape index (κ3) is 1.36. The molecular formula is C8H5Cl2N3O. The molecule has 0 saturated heterocycles. The van der Waals surface area contributed by atoms with Crippen molar-refractivity contribution in [1.29, 1.82) is 0 Å². The average molecular weight is 230 g/mol. The normalized spacial score (nSPS) is 10.8. The fourth-order valence-electron chi connectivity index (χ4n) is 1.21. The third-order valence-electron chi connectivity index (χ3n) is 1.90. The van der Waals surface area contributed by atoms with Gasteiger partial charge in [-0.2, -0.15) is 5.10 Å². The molecule has 0 atom stereocenters. The zero-order chi connectivity index (χ0) is 10.3. The number of nitrogens with zero attached hydrogens (tertiary/aromatic N) is 3. The zero-order valence-electron chi connectivity index (χ0n) is 7.16. The Labute approximate surface area is 89.4 Å². The molecule has 0 aliphatic heterocycles. The molecule has 72 valence electrons. The Bertz CT molecular complexity index is 521. The summed E-state index contributed by atoms with van der Waals surface area (Å²) >= 11 is 11.1. The molecule has 2 aromatic rings. The van der Waals surface area contributed by atoms with Crippen LogP contribution in [0.5, 0.6) is 0 Å². The molecule has 2 rings (SSSR count). The SMILES string of the molecule is Cn1ncc2c(Cl)nc(C(=O)Cl)cc21. The van der Waals surface area contributed by atoms with Crippen molar-refractivity contribution in [1.82, 2.24) is 14.8 Å². The van der Waals surface area contributed by atoms with Crippen molar-refractivity contribution >= 4 is 39.3 Å². The minimum absolute atomic E-state index is 0.132. The Kier molecular flexibility index (Phi) is 2.17. The highest BCUT2D eigenvalue weighted by atomic mass is 35.5. The molecule has 0 aromatic carbocycles. The first-order chi connectivity index (χ1) is 6.59. The van der Waals surface area contributed by atoms with Crippen LogP contribution in [0.15, 0.2) is 12.3 Å². The Morgan fingerprint density at radius 1 is 1.57 bits per heavy atom. The lowest BCUT2D eigenvalue weighted by Gasteiger charge is -1.98. The first-order valence-electron chi connectivity index (χ1n) is 3.77. The van der Waals surface area contributed by atoms with Gasteiger partial charge >= 0.3 is 0 Å². The molecule has 0 aliphatic rings. The summed E-state index contributed by atoms with van der Waals surface area (Å²) < 4.78 is 1.60. The van der Waals surface area contributed by atoms with Gasteiger partial charge in [0.15, 0.2) is 0 Å². The maximum atomic E-state index is 10.9. The monoisotopic (exact) mass is 229 g/mol. The van der Waals surface area contributed by atoms with Crippen LogP contribution in [0, 0.1) is 0 Å². The van der Waals surface area contributed by atoms with E-state index in [9.17, 15) is 4.79 Å². The van der Waals surface area contributed by atoms with Crippen LogP contribution in [0.3, 0.4) is 0 Å². The summed E-state index contributed by atoms with van der Waals surface area (Å²) in [7, 11) is 1.75. The standard InChI is InChI=1S/C8H5Cl2N3O/c1-13-6-2-5(8(10)14)12-7(9)4(6)3-11-13/h2-3H,1H3. The van der Waals surface area contributed by atoms with Crippen LogP contribution < -0.4 is 0 Å². The average Bonchev–Trinajstić information content (AvgIpc) is 2.48. The van der Waals surface area contributed by atoms with E-state index in [1.54, 1.807) is 24.0 Å². The molecule has 4 nitrogen and oxygen atoms in total. The largest absolute Gasteiger partial charge is 0.274 e. The van der Waals surface area contributed by atoms with Gasteiger partial charge in [0, 0.05) is 7.05 Å². The predicted octanol–water partition coefficient (Wildman–Crippen LogP) is 2.00. The van der Waals surface area contributed by atoms with Crippen molar-refractivity contribution in [2.45, 2.75) is 0 Å². The van der Waals surface area contributed by atoms with Gasteiger partial charge in [0.25, 0.3) is 5.24 Å². The zero-order valence-corrected chi connectivity index (χ0v) is 8.67. The molecular weight excluding hydrogens is 225 g/mol. The first kappa shape index (κ1) is 9.43. The summed E-state index contributed by atoms with van der Waals surface area (Å²) in [6.07, 6.45) is 1.59. The Morgan fingerprint density at radius 2 is 2.29 bits per heavy atom. The minimum Gasteiger partial charge on any atom is -0.274 e. The summed E-state index contributed by atoms with van der Waals surface area (Å²) in [6.45, 7) is 0.